The van der Waals surface area contributed by atoms with Gasteiger partial charge < -0.3 is 19.7 Å². The highest BCUT2D eigenvalue weighted by atomic mass is 32.2. The van der Waals surface area contributed by atoms with Gasteiger partial charge in [-0.25, -0.2) is 8.42 Å². The molecular weight excluding hydrogens is 442 g/mol. The van der Waals surface area contributed by atoms with Crippen LogP contribution in [0.4, 0.5) is 11.4 Å². The summed E-state index contributed by atoms with van der Waals surface area (Å²) in [5.41, 5.74) is 1.73. The maximum absolute atomic E-state index is 12.8. The van der Waals surface area contributed by atoms with Gasteiger partial charge in [0.2, 0.25) is 6.79 Å². The minimum atomic E-state index is -3.89. The molecule has 1 aliphatic rings. The number of carbonyl (C=O) groups is 1. The molecule has 3 aromatic rings. The molecule has 0 saturated heterocycles. The van der Waals surface area contributed by atoms with Crippen LogP contribution in [0, 0.1) is 0 Å². The SMILES string of the molecule is CN(CCCNC(=O)c1cccc(S(=O)(=O)Nc2ccc3c(c2)OCO3)c1)c1ccccc1. The molecule has 0 bridgehead atoms. The van der Waals surface area contributed by atoms with Gasteiger partial charge in [-0.2, -0.15) is 0 Å². The van der Waals surface area contributed by atoms with Gasteiger partial charge in [0.15, 0.2) is 11.5 Å². The van der Waals surface area contributed by atoms with Crippen LogP contribution in [0.2, 0.25) is 0 Å². The highest BCUT2D eigenvalue weighted by Gasteiger charge is 2.19. The molecule has 2 N–H and O–H groups in total. The minimum absolute atomic E-state index is 0.00312. The predicted octanol–water partition coefficient (Wildman–Crippen LogP) is 3.47. The van der Waals surface area contributed by atoms with E-state index in [0.29, 0.717) is 23.7 Å². The number of para-hydroxylation sites is 1. The lowest BCUT2D eigenvalue weighted by molar-refractivity contribution is 0.0953. The number of amides is 1. The number of fused-ring (bicyclic) bond motifs is 1. The summed E-state index contributed by atoms with van der Waals surface area (Å²) in [6, 6.07) is 20.7. The molecule has 0 saturated carbocycles. The second-order valence-corrected chi connectivity index (χ2v) is 9.25. The summed E-state index contributed by atoms with van der Waals surface area (Å²) in [5, 5.41) is 2.85. The molecule has 0 radical (unpaired) electrons. The lowest BCUT2D eigenvalue weighted by Crippen LogP contribution is -2.28. The molecule has 1 heterocycles. The number of hydrogen-bond acceptors (Lipinski definition) is 6. The van der Waals surface area contributed by atoms with E-state index in [4.69, 9.17) is 9.47 Å². The number of sulfonamides is 1. The van der Waals surface area contributed by atoms with Crippen LogP contribution in [0.15, 0.2) is 77.7 Å². The Morgan fingerprint density at radius 1 is 0.970 bits per heavy atom. The number of nitrogens with one attached hydrogen (secondary N) is 2. The molecule has 8 nitrogen and oxygen atoms in total. The molecule has 0 aromatic heterocycles. The molecule has 3 aromatic carbocycles. The summed E-state index contributed by atoms with van der Waals surface area (Å²) in [6.07, 6.45) is 0.751. The number of ether oxygens (including phenoxy) is 2. The van der Waals surface area contributed by atoms with Gasteiger partial charge in [-0.1, -0.05) is 24.3 Å². The zero-order valence-corrected chi connectivity index (χ0v) is 19.0. The normalized spacial score (nSPS) is 12.3. The van der Waals surface area contributed by atoms with E-state index in [-0.39, 0.29) is 23.2 Å². The van der Waals surface area contributed by atoms with E-state index >= 15 is 0 Å². The van der Waals surface area contributed by atoms with Crippen LogP contribution in [0.5, 0.6) is 11.5 Å². The third-order valence-electron chi connectivity index (χ3n) is 5.18. The van der Waals surface area contributed by atoms with E-state index in [1.807, 2.05) is 37.4 Å². The van der Waals surface area contributed by atoms with E-state index in [1.54, 1.807) is 30.3 Å². The monoisotopic (exact) mass is 467 g/mol. The molecule has 172 valence electrons. The molecule has 9 heteroatoms. The summed E-state index contributed by atoms with van der Waals surface area (Å²) in [7, 11) is -1.89. The third kappa shape index (κ3) is 5.56. The molecule has 0 unspecified atom stereocenters. The fourth-order valence-electron chi connectivity index (χ4n) is 3.41. The van der Waals surface area contributed by atoms with E-state index in [0.717, 1.165) is 18.7 Å². The summed E-state index contributed by atoms with van der Waals surface area (Å²) in [5.74, 6) is 0.713. The van der Waals surface area contributed by atoms with Crippen molar-refractivity contribution in [2.75, 3.05) is 36.6 Å². The van der Waals surface area contributed by atoms with Crippen molar-refractivity contribution < 1.29 is 22.7 Å². The Morgan fingerprint density at radius 2 is 1.76 bits per heavy atom. The van der Waals surface area contributed by atoms with Gasteiger partial charge in [-0.05, 0) is 48.9 Å². The second kappa shape index (κ2) is 9.83. The maximum Gasteiger partial charge on any atom is 0.261 e. The fourth-order valence-corrected chi connectivity index (χ4v) is 4.51. The smallest absolute Gasteiger partial charge is 0.261 e. The van der Waals surface area contributed by atoms with Crippen molar-refractivity contribution in [2.45, 2.75) is 11.3 Å². The highest BCUT2D eigenvalue weighted by Crippen LogP contribution is 2.34. The van der Waals surface area contributed by atoms with Crippen molar-refractivity contribution in [2.24, 2.45) is 0 Å². The number of benzene rings is 3. The Labute approximate surface area is 193 Å². The molecule has 0 aliphatic carbocycles. The van der Waals surface area contributed by atoms with E-state index in [2.05, 4.69) is 14.9 Å². The number of carbonyl (C=O) groups excluding carboxylic acids is 1. The number of rotatable bonds is 9. The van der Waals surface area contributed by atoms with Crippen molar-refractivity contribution in [3.8, 4) is 11.5 Å². The Hall–Kier alpha value is -3.72. The molecule has 0 spiro atoms. The average Bonchev–Trinajstić information content (AvgIpc) is 3.30. The van der Waals surface area contributed by atoms with Crippen LogP contribution in [-0.2, 0) is 10.0 Å². The second-order valence-electron chi connectivity index (χ2n) is 7.57. The third-order valence-corrected chi connectivity index (χ3v) is 6.56. The van der Waals surface area contributed by atoms with Crippen LogP contribution >= 0.6 is 0 Å². The van der Waals surface area contributed by atoms with Gasteiger partial charge in [0.1, 0.15) is 0 Å². The number of hydrogen-bond donors (Lipinski definition) is 2. The van der Waals surface area contributed by atoms with Crippen LogP contribution in [0.3, 0.4) is 0 Å². The molecule has 1 amide bonds. The van der Waals surface area contributed by atoms with Gasteiger partial charge in [-0.15, -0.1) is 0 Å². The van der Waals surface area contributed by atoms with Gasteiger partial charge >= 0.3 is 0 Å². The van der Waals surface area contributed by atoms with Gasteiger partial charge in [0.25, 0.3) is 15.9 Å². The first-order valence-electron chi connectivity index (χ1n) is 10.5. The first-order chi connectivity index (χ1) is 15.9. The van der Waals surface area contributed by atoms with Gasteiger partial charge in [0.05, 0.1) is 10.6 Å². The van der Waals surface area contributed by atoms with Crippen molar-refractivity contribution in [1.82, 2.24) is 5.32 Å². The molecule has 0 fully saturated rings. The quantitative estimate of drug-likeness (QED) is 0.468. The first kappa shape index (κ1) is 22.5. The van der Waals surface area contributed by atoms with Crippen LogP contribution in [0.25, 0.3) is 0 Å². The number of nitrogens with zero attached hydrogens (tertiary/aromatic N) is 1. The zero-order valence-electron chi connectivity index (χ0n) is 18.2. The fraction of sp³-hybridized carbons (Fsp3) is 0.208. The summed E-state index contributed by atoms with van der Waals surface area (Å²) in [6.45, 7) is 1.35. The summed E-state index contributed by atoms with van der Waals surface area (Å²) < 4.78 is 38.7. The summed E-state index contributed by atoms with van der Waals surface area (Å²) >= 11 is 0. The average molecular weight is 468 g/mol. The van der Waals surface area contributed by atoms with Gasteiger partial charge in [-0.3, -0.25) is 9.52 Å². The molecule has 4 rings (SSSR count). The zero-order chi connectivity index (χ0) is 23.3. The van der Waals surface area contributed by atoms with Crippen molar-refractivity contribution in [3.05, 3.63) is 78.4 Å². The Morgan fingerprint density at radius 3 is 2.58 bits per heavy atom. The van der Waals surface area contributed by atoms with E-state index in [9.17, 15) is 13.2 Å². The Kier molecular flexibility index (Phi) is 6.69. The van der Waals surface area contributed by atoms with Crippen molar-refractivity contribution in [1.29, 1.82) is 0 Å². The van der Waals surface area contributed by atoms with Crippen molar-refractivity contribution in [3.63, 3.8) is 0 Å². The molecule has 33 heavy (non-hydrogen) atoms. The maximum atomic E-state index is 12.8. The first-order valence-corrected chi connectivity index (χ1v) is 12.0. The largest absolute Gasteiger partial charge is 0.454 e. The Balaban J connectivity index is 1.34. The molecule has 0 atom stereocenters. The standard InChI is InChI=1S/C24H25N3O5S/c1-27(20-8-3-2-4-9-20)14-6-13-25-24(28)18-7-5-10-21(15-18)33(29,30)26-19-11-12-22-23(16-19)32-17-31-22/h2-5,7-12,15-16,26H,6,13-14,17H2,1H3,(H,25,28). The van der Waals surface area contributed by atoms with Gasteiger partial charge in [0, 0.05) is 37.5 Å². The molecule has 1 aliphatic heterocycles. The topological polar surface area (TPSA) is 97.0 Å². The van der Waals surface area contributed by atoms with Crippen molar-refractivity contribution >= 4 is 27.3 Å². The Bertz CT molecular complexity index is 1230. The molecular formula is C24H25N3O5S. The van der Waals surface area contributed by atoms with Crippen LogP contribution < -0.4 is 24.4 Å². The van der Waals surface area contributed by atoms with Crippen LogP contribution in [-0.4, -0.2) is 41.3 Å². The lowest BCUT2D eigenvalue weighted by atomic mass is 10.2. The number of anilines is 2. The predicted molar refractivity (Wildman–Crippen MR) is 126 cm³/mol. The van der Waals surface area contributed by atoms with Crippen LogP contribution in [0.1, 0.15) is 16.8 Å². The minimum Gasteiger partial charge on any atom is -0.454 e. The lowest BCUT2D eigenvalue weighted by Gasteiger charge is -2.19. The van der Waals surface area contributed by atoms with E-state index in [1.165, 1.54) is 12.1 Å². The highest BCUT2D eigenvalue weighted by molar-refractivity contribution is 7.92. The summed E-state index contributed by atoms with van der Waals surface area (Å²) in [4.78, 5) is 14.7. The van der Waals surface area contributed by atoms with E-state index < -0.39 is 10.0 Å².